The second-order valence-electron chi connectivity index (χ2n) is 9.76. The van der Waals surface area contributed by atoms with Gasteiger partial charge in [-0.25, -0.2) is 13.4 Å². The summed E-state index contributed by atoms with van der Waals surface area (Å²) in [6.45, 7) is 2.76. The smallest absolute Gasteiger partial charge is 0.283 e. The standard InChI is InChI=1S/C24H28ClN5O5S3/c1-13-8-17-19(11-26-13)36-22(27-17)23(33)30-7-6-29(12-15(30)10-20(31)28(2)3)38(34,35)24-21(32)16-5-4-14(25)9-18(16)37-24/h4-5,9,13,15,26,32H,6-8,10-12H2,1-3H3. The van der Waals surface area contributed by atoms with Crippen molar-refractivity contribution in [3.8, 4) is 5.75 Å². The topological polar surface area (TPSA) is 123 Å². The van der Waals surface area contributed by atoms with E-state index in [1.807, 2.05) is 0 Å². The highest BCUT2D eigenvalue weighted by molar-refractivity contribution is 7.91. The van der Waals surface area contributed by atoms with Crippen molar-refractivity contribution in [1.82, 2.24) is 24.4 Å². The van der Waals surface area contributed by atoms with Crippen molar-refractivity contribution in [3.05, 3.63) is 38.8 Å². The van der Waals surface area contributed by atoms with Gasteiger partial charge in [0.05, 0.1) is 11.7 Å². The molecule has 0 saturated carbocycles. The highest BCUT2D eigenvalue weighted by atomic mass is 35.5. The van der Waals surface area contributed by atoms with Crippen LogP contribution in [-0.2, 0) is 27.8 Å². The molecule has 3 aromatic rings. The molecule has 1 aromatic carbocycles. The molecule has 2 N–H and O–H groups in total. The zero-order chi connectivity index (χ0) is 27.4. The van der Waals surface area contributed by atoms with Gasteiger partial charge in [-0.2, -0.15) is 4.31 Å². The molecule has 0 bridgehead atoms. The molecule has 14 heteroatoms. The summed E-state index contributed by atoms with van der Waals surface area (Å²) in [5.41, 5.74) is 0.909. The largest absolute Gasteiger partial charge is 0.505 e. The van der Waals surface area contributed by atoms with Gasteiger partial charge in [0.25, 0.3) is 15.9 Å². The number of carbonyl (C=O) groups excluding carboxylic acids is 2. The minimum Gasteiger partial charge on any atom is -0.505 e. The van der Waals surface area contributed by atoms with Gasteiger partial charge in [-0.1, -0.05) is 11.6 Å². The molecule has 5 rings (SSSR count). The zero-order valence-corrected chi connectivity index (χ0v) is 24.3. The van der Waals surface area contributed by atoms with Crippen LogP contribution in [-0.4, -0.2) is 90.2 Å². The molecule has 2 aliphatic rings. The number of rotatable bonds is 5. The predicted molar refractivity (Wildman–Crippen MR) is 148 cm³/mol. The summed E-state index contributed by atoms with van der Waals surface area (Å²) in [7, 11) is -0.863. The summed E-state index contributed by atoms with van der Waals surface area (Å²) in [6.07, 6.45) is 0.694. The van der Waals surface area contributed by atoms with E-state index in [1.165, 1.54) is 20.5 Å². The molecule has 0 spiro atoms. The molecule has 2 amide bonds. The fraction of sp³-hybridized carbons (Fsp3) is 0.458. The number of benzene rings is 1. The van der Waals surface area contributed by atoms with E-state index in [-0.39, 0.29) is 53.9 Å². The molecule has 4 heterocycles. The number of thiazole rings is 1. The van der Waals surface area contributed by atoms with Gasteiger partial charge in [0.1, 0.15) is 0 Å². The summed E-state index contributed by atoms with van der Waals surface area (Å²) < 4.78 is 28.9. The molecular weight excluding hydrogens is 570 g/mol. The first-order valence-electron chi connectivity index (χ1n) is 12.1. The molecule has 0 radical (unpaired) electrons. The van der Waals surface area contributed by atoms with E-state index in [1.54, 1.807) is 37.2 Å². The number of aromatic hydroxyl groups is 1. The maximum atomic E-state index is 13.7. The van der Waals surface area contributed by atoms with Crippen LogP contribution in [0, 0.1) is 0 Å². The van der Waals surface area contributed by atoms with Crippen LogP contribution in [0.4, 0.5) is 0 Å². The maximum Gasteiger partial charge on any atom is 0.283 e. The van der Waals surface area contributed by atoms with Gasteiger partial charge in [-0.05, 0) is 25.1 Å². The Morgan fingerprint density at radius 3 is 2.76 bits per heavy atom. The number of hydrogen-bond acceptors (Lipinski definition) is 9. The number of fused-ring (bicyclic) bond motifs is 2. The third kappa shape index (κ3) is 5.03. The van der Waals surface area contributed by atoms with Gasteiger partial charge in [0.15, 0.2) is 15.0 Å². The normalized spacial score (nSPS) is 20.5. The number of amides is 2. The summed E-state index contributed by atoms with van der Waals surface area (Å²) in [5, 5.41) is 15.3. The molecular formula is C24H28ClN5O5S3. The van der Waals surface area contributed by atoms with Crippen molar-refractivity contribution in [1.29, 1.82) is 0 Å². The maximum absolute atomic E-state index is 13.7. The van der Waals surface area contributed by atoms with E-state index in [2.05, 4.69) is 17.2 Å². The second kappa shape index (κ2) is 10.4. The number of nitrogens with one attached hydrogen (secondary N) is 1. The third-order valence-electron chi connectivity index (χ3n) is 6.86. The van der Waals surface area contributed by atoms with E-state index < -0.39 is 16.1 Å². The Morgan fingerprint density at radius 2 is 2.03 bits per heavy atom. The SMILES string of the molecule is CC1Cc2nc(C(=O)N3CCN(S(=O)(=O)c4sc5cc(Cl)ccc5c4O)CC3CC(=O)N(C)C)sc2CN1. The fourth-order valence-electron chi connectivity index (χ4n) is 4.72. The second-order valence-corrected chi connectivity index (χ2v) is 14.5. The lowest BCUT2D eigenvalue weighted by Gasteiger charge is -2.40. The summed E-state index contributed by atoms with van der Waals surface area (Å²) in [6, 6.07) is 4.37. The number of thiophene rings is 1. The molecule has 204 valence electrons. The van der Waals surface area contributed by atoms with E-state index in [0.717, 1.165) is 28.3 Å². The highest BCUT2D eigenvalue weighted by Crippen LogP contribution is 2.42. The van der Waals surface area contributed by atoms with E-state index >= 15 is 0 Å². The minimum absolute atomic E-state index is 0.0266. The lowest BCUT2D eigenvalue weighted by Crippen LogP contribution is -2.57. The van der Waals surface area contributed by atoms with Gasteiger partial charge in [0.2, 0.25) is 5.91 Å². The lowest BCUT2D eigenvalue weighted by molar-refractivity contribution is -0.130. The van der Waals surface area contributed by atoms with E-state index in [4.69, 9.17) is 11.6 Å². The van der Waals surface area contributed by atoms with Crippen LogP contribution in [0.2, 0.25) is 5.02 Å². The molecule has 1 fully saturated rings. The molecule has 2 unspecified atom stereocenters. The molecule has 2 aromatic heterocycles. The summed E-state index contributed by atoms with van der Waals surface area (Å²) >= 11 is 8.34. The first-order chi connectivity index (χ1) is 18.0. The van der Waals surface area contributed by atoms with Crippen molar-refractivity contribution in [2.24, 2.45) is 0 Å². The van der Waals surface area contributed by atoms with Crippen molar-refractivity contribution in [3.63, 3.8) is 0 Å². The first kappa shape index (κ1) is 27.3. The van der Waals surface area contributed by atoms with Gasteiger partial charge in [0, 0.05) is 79.1 Å². The predicted octanol–water partition coefficient (Wildman–Crippen LogP) is 2.74. The van der Waals surface area contributed by atoms with Crippen LogP contribution in [0.15, 0.2) is 22.4 Å². The van der Waals surface area contributed by atoms with Gasteiger partial charge in [-0.3, -0.25) is 9.59 Å². The third-order valence-corrected chi connectivity index (χ3v) is 11.7. The van der Waals surface area contributed by atoms with Crippen molar-refractivity contribution in [2.75, 3.05) is 33.7 Å². The number of halogens is 1. The van der Waals surface area contributed by atoms with Crippen molar-refractivity contribution >= 4 is 66.2 Å². The first-order valence-corrected chi connectivity index (χ1v) is 15.5. The number of piperazine rings is 1. The molecule has 2 atom stereocenters. The molecule has 10 nitrogen and oxygen atoms in total. The van der Waals surface area contributed by atoms with Gasteiger partial charge < -0.3 is 20.2 Å². The van der Waals surface area contributed by atoms with Crippen LogP contribution in [0.5, 0.6) is 5.75 Å². The van der Waals surface area contributed by atoms with Crippen LogP contribution in [0.25, 0.3) is 10.1 Å². The van der Waals surface area contributed by atoms with Crippen molar-refractivity contribution in [2.45, 2.75) is 42.6 Å². The monoisotopic (exact) mass is 597 g/mol. The molecule has 2 aliphatic heterocycles. The Balaban J connectivity index is 1.44. The Morgan fingerprint density at radius 1 is 1.26 bits per heavy atom. The van der Waals surface area contributed by atoms with Crippen LogP contribution >= 0.6 is 34.3 Å². The zero-order valence-electron chi connectivity index (χ0n) is 21.1. The highest BCUT2D eigenvalue weighted by Gasteiger charge is 2.40. The molecule has 1 saturated heterocycles. The van der Waals surface area contributed by atoms with Crippen molar-refractivity contribution < 1.29 is 23.1 Å². The summed E-state index contributed by atoms with van der Waals surface area (Å²) in [4.78, 5) is 34.9. The average molecular weight is 598 g/mol. The Labute approximate surface area is 233 Å². The van der Waals surface area contributed by atoms with E-state index in [0.29, 0.717) is 26.7 Å². The molecule has 38 heavy (non-hydrogen) atoms. The number of nitrogens with zero attached hydrogens (tertiary/aromatic N) is 4. The summed E-state index contributed by atoms with van der Waals surface area (Å²) in [5.74, 6) is -0.842. The number of sulfonamides is 1. The average Bonchev–Trinajstić information content (AvgIpc) is 3.44. The van der Waals surface area contributed by atoms with E-state index in [9.17, 15) is 23.1 Å². The number of carbonyl (C=O) groups is 2. The Hall–Kier alpha value is -2.29. The number of aromatic nitrogens is 1. The lowest BCUT2D eigenvalue weighted by atomic mass is 10.1. The van der Waals surface area contributed by atoms with Crippen LogP contribution < -0.4 is 5.32 Å². The van der Waals surface area contributed by atoms with Gasteiger partial charge in [-0.15, -0.1) is 22.7 Å². The Bertz CT molecular complexity index is 1520. The quantitative estimate of drug-likeness (QED) is 0.464. The number of hydrogen-bond donors (Lipinski definition) is 2. The van der Waals surface area contributed by atoms with Crippen LogP contribution in [0.3, 0.4) is 0 Å². The minimum atomic E-state index is -4.10. The molecule has 0 aliphatic carbocycles. The Kier molecular flexibility index (Phi) is 7.44. The fourth-order valence-corrected chi connectivity index (χ4v) is 9.11. The van der Waals surface area contributed by atoms with Gasteiger partial charge >= 0.3 is 0 Å². The van der Waals surface area contributed by atoms with Crippen LogP contribution in [0.1, 0.15) is 33.7 Å².